The lowest BCUT2D eigenvalue weighted by Crippen LogP contribution is -2.00. The number of hydrogen-bond acceptors (Lipinski definition) is 4. The van der Waals surface area contributed by atoms with E-state index in [2.05, 4.69) is 41.8 Å². The highest BCUT2D eigenvalue weighted by atomic mass is 79.9. The number of carbonyl (C=O) groups excluding carboxylic acids is 2. The second-order valence-corrected chi connectivity index (χ2v) is 6.28. The molecule has 0 fully saturated rings. The number of hydrogen-bond donors (Lipinski definition) is 0. The van der Waals surface area contributed by atoms with Crippen LogP contribution in [0.5, 0.6) is 0 Å². The summed E-state index contributed by atoms with van der Waals surface area (Å²) >= 11 is 6.33. The van der Waals surface area contributed by atoms with E-state index < -0.39 is 0 Å². The molecule has 0 atom stereocenters. The van der Waals surface area contributed by atoms with Crippen LogP contribution in [-0.4, -0.2) is 32.2 Å². The summed E-state index contributed by atoms with van der Waals surface area (Å²) in [5.41, 5.74) is 2.89. The van der Waals surface area contributed by atoms with Crippen LogP contribution in [0, 0.1) is 0 Å². The number of nitrogens with zero attached hydrogens (tertiary/aromatic N) is 2. The molecule has 0 radical (unpaired) electrons. The largest absolute Gasteiger partial charge is 0.293 e. The Balaban J connectivity index is 1.96. The lowest BCUT2D eigenvalue weighted by atomic mass is 10.1. The summed E-state index contributed by atoms with van der Waals surface area (Å²) in [4.78, 5) is 32.3. The second kappa shape index (κ2) is 7.32. The predicted octanol–water partition coefficient (Wildman–Crippen LogP) is 4.45. The highest BCUT2D eigenvalue weighted by molar-refractivity contribution is 9.09. The molecule has 0 saturated carbocycles. The van der Waals surface area contributed by atoms with Gasteiger partial charge in [0.1, 0.15) is 0 Å². The number of rotatable bonds is 5. The lowest BCUT2D eigenvalue weighted by molar-refractivity contribution is 0.101. The Morgan fingerprint density at radius 3 is 2.17 bits per heavy atom. The summed E-state index contributed by atoms with van der Waals surface area (Å²) < 4.78 is 0. The first-order chi connectivity index (χ1) is 11.6. The van der Waals surface area contributed by atoms with Crippen molar-refractivity contribution in [3.8, 4) is 11.4 Å². The second-order valence-electron chi connectivity index (χ2n) is 5.16. The van der Waals surface area contributed by atoms with Crippen molar-refractivity contribution in [2.24, 2.45) is 0 Å². The van der Waals surface area contributed by atoms with E-state index in [1.54, 1.807) is 30.5 Å². The number of ketones is 2. The van der Waals surface area contributed by atoms with Crippen molar-refractivity contribution in [1.82, 2.24) is 9.97 Å². The molecular formula is C18H12Br2N2O2. The molecule has 0 saturated heterocycles. The van der Waals surface area contributed by atoms with Crippen LogP contribution >= 0.6 is 31.9 Å². The fourth-order valence-corrected chi connectivity index (χ4v) is 2.95. The number of aromatic nitrogens is 2. The molecular weight excluding hydrogens is 436 g/mol. The van der Waals surface area contributed by atoms with E-state index in [0.717, 1.165) is 16.5 Å². The first-order valence-corrected chi connectivity index (χ1v) is 9.42. The monoisotopic (exact) mass is 446 g/mol. The van der Waals surface area contributed by atoms with Crippen LogP contribution in [0.1, 0.15) is 20.7 Å². The Labute approximate surface area is 155 Å². The van der Waals surface area contributed by atoms with Crippen LogP contribution in [0.2, 0.25) is 0 Å². The minimum Gasteiger partial charge on any atom is -0.293 e. The van der Waals surface area contributed by atoms with E-state index in [-0.39, 0.29) is 16.9 Å². The average Bonchev–Trinajstić information content (AvgIpc) is 2.66. The standard InChI is InChI=1S/C18H12Br2N2O2/c19-8-16(23)11-1-3-12(4-2-11)18-21-10-14-7-13(17(24)9-20)5-6-15(14)22-18/h1-7,10H,8-9H2. The third-order valence-electron chi connectivity index (χ3n) is 3.61. The molecule has 0 N–H and O–H groups in total. The van der Waals surface area contributed by atoms with Gasteiger partial charge >= 0.3 is 0 Å². The minimum absolute atomic E-state index is 0.0213. The molecule has 0 aliphatic carbocycles. The van der Waals surface area contributed by atoms with Crippen molar-refractivity contribution in [3.63, 3.8) is 0 Å². The normalized spacial score (nSPS) is 10.8. The number of benzene rings is 2. The van der Waals surface area contributed by atoms with Gasteiger partial charge in [-0.05, 0) is 18.2 Å². The summed E-state index contributed by atoms with van der Waals surface area (Å²) in [7, 11) is 0. The molecule has 0 bridgehead atoms. The maximum Gasteiger partial charge on any atom is 0.173 e. The summed E-state index contributed by atoms with van der Waals surface area (Å²) in [6, 6.07) is 12.6. The van der Waals surface area contributed by atoms with Gasteiger partial charge in [0.15, 0.2) is 17.4 Å². The molecule has 24 heavy (non-hydrogen) atoms. The van der Waals surface area contributed by atoms with Crippen LogP contribution in [0.15, 0.2) is 48.7 Å². The molecule has 2 aromatic carbocycles. The Hall–Kier alpha value is -1.92. The third-order valence-corrected chi connectivity index (χ3v) is 4.63. The topological polar surface area (TPSA) is 59.9 Å². The fourth-order valence-electron chi connectivity index (χ4n) is 2.31. The van der Waals surface area contributed by atoms with Gasteiger partial charge in [-0.2, -0.15) is 0 Å². The van der Waals surface area contributed by atoms with Gasteiger partial charge in [-0.1, -0.05) is 56.1 Å². The van der Waals surface area contributed by atoms with Crippen molar-refractivity contribution in [3.05, 3.63) is 59.8 Å². The highest BCUT2D eigenvalue weighted by Crippen LogP contribution is 2.20. The number of alkyl halides is 2. The summed E-state index contributed by atoms with van der Waals surface area (Å²) in [5.74, 6) is 0.637. The summed E-state index contributed by atoms with van der Waals surface area (Å²) in [6.07, 6.45) is 1.71. The zero-order valence-corrected chi connectivity index (χ0v) is 15.7. The Bertz CT molecular complexity index is 924. The van der Waals surface area contributed by atoms with Crippen LogP contribution in [0.25, 0.3) is 22.3 Å². The number of Topliss-reactive ketones (excluding diaryl/α,β-unsaturated/α-hetero) is 2. The molecule has 3 aromatic rings. The van der Waals surface area contributed by atoms with Gasteiger partial charge in [-0.25, -0.2) is 9.97 Å². The lowest BCUT2D eigenvalue weighted by Gasteiger charge is -2.05. The Kier molecular flexibility index (Phi) is 5.16. The maximum atomic E-state index is 11.7. The summed E-state index contributed by atoms with van der Waals surface area (Å²) in [5, 5.41) is 1.40. The first kappa shape index (κ1) is 16.9. The molecule has 4 nitrogen and oxygen atoms in total. The predicted molar refractivity (Wildman–Crippen MR) is 101 cm³/mol. The van der Waals surface area contributed by atoms with E-state index in [4.69, 9.17) is 0 Å². The van der Waals surface area contributed by atoms with Gasteiger partial charge in [0.25, 0.3) is 0 Å². The van der Waals surface area contributed by atoms with Crippen LogP contribution in [0.3, 0.4) is 0 Å². The minimum atomic E-state index is 0.0213. The SMILES string of the molecule is O=C(CBr)c1ccc(-c2ncc3cc(C(=O)CBr)ccc3n2)cc1. The van der Waals surface area contributed by atoms with Crippen LogP contribution in [-0.2, 0) is 0 Å². The van der Waals surface area contributed by atoms with E-state index in [1.807, 2.05) is 18.2 Å². The fraction of sp³-hybridized carbons (Fsp3) is 0.111. The van der Waals surface area contributed by atoms with E-state index in [0.29, 0.717) is 22.3 Å². The smallest absolute Gasteiger partial charge is 0.173 e. The quantitative estimate of drug-likeness (QED) is 0.428. The van der Waals surface area contributed by atoms with Crippen molar-refractivity contribution in [1.29, 1.82) is 0 Å². The van der Waals surface area contributed by atoms with Crippen LogP contribution < -0.4 is 0 Å². The molecule has 0 aliphatic heterocycles. The molecule has 0 spiro atoms. The van der Waals surface area contributed by atoms with Gasteiger partial charge < -0.3 is 0 Å². The molecule has 120 valence electrons. The maximum absolute atomic E-state index is 11.7. The third kappa shape index (κ3) is 3.44. The highest BCUT2D eigenvalue weighted by Gasteiger charge is 2.09. The first-order valence-electron chi connectivity index (χ1n) is 7.18. The molecule has 6 heteroatoms. The van der Waals surface area contributed by atoms with Gasteiger partial charge in [-0.3, -0.25) is 9.59 Å². The van der Waals surface area contributed by atoms with Gasteiger partial charge in [-0.15, -0.1) is 0 Å². The number of carbonyl (C=O) groups is 2. The molecule has 0 amide bonds. The molecule has 0 aliphatic rings. The van der Waals surface area contributed by atoms with Crippen molar-refractivity contribution in [2.75, 3.05) is 10.7 Å². The van der Waals surface area contributed by atoms with Crippen molar-refractivity contribution < 1.29 is 9.59 Å². The zero-order chi connectivity index (χ0) is 17.1. The van der Waals surface area contributed by atoms with E-state index >= 15 is 0 Å². The van der Waals surface area contributed by atoms with E-state index in [1.165, 1.54) is 0 Å². The van der Waals surface area contributed by atoms with E-state index in [9.17, 15) is 9.59 Å². The van der Waals surface area contributed by atoms with Crippen LogP contribution in [0.4, 0.5) is 0 Å². The van der Waals surface area contributed by atoms with Gasteiger partial charge in [0.2, 0.25) is 0 Å². The Morgan fingerprint density at radius 2 is 1.50 bits per heavy atom. The number of fused-ring (bicyclic) bond motifs is 1. The zero-order valence-electron chi connectivity index (χ0n) is 12.5. The van der Waals surface area contributed by atoms with Crippen molar-refractivity contribution in [2.45, 2.75) is 0 Å². The molecule has 3 rings (SSSR count). The Morgan fingerprint density at radius 1 is 0.875 bits per heavy atom. The molecule has 1 aromatic heterocycles. The van der Waals surface area contributed by atoms with Crippen molar-refractivity contribution >= 4 is 54.3 Å². The van der Waals surface area contributed by atoms with Gasteiger partial charge in [0, 0.05) is 28.3 Å². The molecule has 1 heterocycles. The molecule has 0 unspecified atom stereocenters. The van der Waals surface area contributed by atoms with Gasteiger partial charge in [0.05, 0.1) is 16.2 Å². The average molecular weight is 448 g/mol. The number of halogens is 2. The summed E-state index contributed by atoms with van der Waals surface area (Å²) in [6.45, 7) is 0.